The molecule has 5 nitrogen and oxygen atoms in total. The topological polar surface area (TPSA) is 52.5 Å². The molecule has 0 saturated heterocycles. The van der Waals surface area contributed by atoms with Gasteiger partial charge in [-0.1, -0.05) is 24.3 Å². The number of benzene rings is 1. The summed E-state index contributed by atoms with van der Waals surface area (Å²) in [4.78, 5) is 13.8. The van der Waals surface area contributed by atoms with Crippen LogP contribution < -0.4 is 9.80 Å². The van der Waals surface area contributed by atoms with Crippen LogP contribution in [-0.2, 0) is 13.2 Å². The lowest BCUT2D eigenvalue weighted by atomic mass is 10.1. The largest absolute Gasteiger partial charge is 0.392 e. The minimum absolute atomic E-state index is 0.0145. The van der Waals surface area contributed by atoms with Crippen LogP contribution >= 0.6 is 0 Å². The van der Waals surface area contributed by atoms with Crippen molar-refractivity contribution in [3.8, 4) is 0 Å². The van der Waals surface area contributed by atoms with Crippen LogP contribution in [0.3, 0.4) is 0 Å². The minimum atomic E-state index is -0.0145. The second-order valence-electron chi connectivity index (χ2n) is 6.15. The predicted molar refractivity (Wildman–Crippen MR) is 96.2 cm³/mol. The normalized spacial score (nSPS) is 14.6. The molecule has 0 fully saturated rings. The van der Waals surface area contributed by atoms with Crippen LogP contribution in [-0.4, -0.2) is 35.2 Å². The van der Waals surface area contributed by atoms with Crippen molar-refractivity contribution in [1.29, 1.82) is 0 Å². The summed E-state index contributed by atoms with van der Waals surface area (Å²) in [6.45, 7) is 2.43. The van der Waals surface area contributed by atoms with Crippen molar-refractivity contribution in [2.75, 3.05) is 29.9 Å². The van der Waals surface area contributed by atoms with E-state index < -0.39 is 0 Å². The Morgan fingerprint density at radius 1 is 1.08 bits per heavy atom. The van der Waals surface area contributed by atoms with Crippen LogP contribution in [0.4, 0.5) is 11.6 Å². The highest BCUT2D eigenvalue weighted by molar-refractivity contribution is 5.81. The summed E-state index contributed by atoms with van der Waals surface area (Å²) >= 11 is 0. The average molecular weight is 320 g/mol. The number of pyridine rings is 2. The fourth-order valence-electron chi connectivity index (χ4n) is 3.28. The van der Waals surface area contributed by atoms with Gasteiger partial charge in [0, 0.05) is 49.4 Å². The number of nitrogens with zero attached hydrogens (tertiary/aromatic N) is 4. The molecule has 0 amide bonds. The van der Waals surface area contributed by atoms with Crippen LogP contribution in [0.15, 0.2) is 48.7 Å². The SMILES string of the molecule is CN1CCN(c2nc3ccccc3cc2CO)Cc2cccnc21. The Morgan fingerprint density at radius 3 is 2.83 bits per heavy atom. The lowest BCUT2D eigenvalue weighted by molar-refractivity contribution is 0.281. The Hall–Kier alpha value is -2.66. The monoisotopic (exact) mass is 320 g/mol. The van der Waals surface area contributed by atoms with Crippen molar-refractivity contribution >= 4 is 22.5 Å². The van der Waals surface area contributed by atoms with Gasteiger partial charge in [-0.25, -0.2) is 9.97 Å². The average Bonchev–Trinajstić information content (AvgIpc) is 2.80. The van der Waals surface area contributed by atoms with Gasteiger partial charge in [-0.2, -0.15) is 0 Å². The highest BCUT2D eigenvalue weighted by Gasteiger charge is 2.21. The van der Waals surface area contributed by atoms with E-state index in [-0.39, 0.29) is 6.61 Å². The first-order valence-corrected chi connectivity index (χ1v) is 8.16. The van der Waals surface area contributed by atoms with E-state index >= 15 is 0 Å². The van der Waals surface area contributed by atoms with E-state index in [0.717, 1.165) is 47.7 Å². The third-order valence-corrected chi connectivity index (χ3v) is 4.55. The van der Waals surface area contributed by atoms with Crippen LogP contribution in [0.1, 0.15) is 11.1 Å². The van der Waals surface area contributed by atoms with Gasteiger partial charge in [-0.15, -0.1) is 0 Å². The number of likely N-dealkylation sites (N-methyl/N-ethyl adjacent to an activating group) is 1. The second kappa shape index (κ2) is 6.09. The van der Waals surface area contributed by atoms with Gasteiger partial charge in [0.15, 0.2) is 0 Å². The summed E-state index contributed by atoms with van der Waals surface area (Å²) in [7, 11) is 2.07. The molecule has 0 saturated carbocycles. The number of anilines is 2. The van der Waals surface area contributed by atoms with E-state index in [4.69, 9.17) is 4.98 Å². The van der Waals surface area contributed by atoms with Crippen LogP contribution in [0.2, 0.25) is 0 Å². The lowest BCUT2D eigenvalue weighted by Crippen LogP contribution is -2.30. The molecule has 1 aliphatic rings. The number of para-hydroxylation sites is 1. The lowest BCUT2D eigenvalue weighted by Gasteiger charge is -2.24. The van der Waals surface area contributed by atoms with E-state index in [2.05, 4.69) is 27.9 Å². The van der Waals surface area contributed by atoms with Crippen molar-refractivity contribution in [1.82, 2.24) is 9.97 Å². The Labute approximate surface area is 141 Å². The van der Waals surface area contributed by atoms with Crippen molar-refractivity contribution < 1.29 is 5.11 Å². The standard InChI is InChI=1S/C19H20N4O/c1-22-9-10-23(12-15-6-4-8-20-18(15)22)19-16(13-24)11-14-5-2-3-7-17(14)21-19/h2-8,11,24H,9-10,12-13H2,1H3. The molecule has 3 aromatic rings. The zero-order valence-corrected chi connectivity index (χ0v) is 13.7. The molecule has 0 radical (unpaired) electrons. The first-order chi connectivity index (χ1) is 11.8. The van der Waals surface area contributed by atoms with E-state index in [1.54, 1.807) is 0 Å². The van der Waals surface area contributed by atoms with Gasteiger partial charge in [-0.3, -0.25) is 0 Å². The summed E-state index contributed by atoms with van der Waals surface area (Å²) in [5.41, 5.74) is 2.99. The van der Waals surface area contributed by atoms with Gasteiger partial charge in [0.2, 0.25) is 0 Å². The molecule has 0 unspecified atom stereocenters. The van der Waals surface area contributed by atoms with E-state index in [1.807, 2.05) is 42.6 Å². The second-order valence-corrected chi connectivity index (χ2v) is 6.15. The molecule has 1 N–H and O–H groups in total. The molecule has 122 valence electrons. The molecular weight excluding hydrogens is 300 g/mol. The molecule has 0 bridgehead atoms. The van der Waals surface area contributed by atoms with Crippen molar-refractivity contribution in [3.05, 3.63) is 59.8 Å². The minimum Gasteiger partial charge on any atom is -0.392 e. The Kier molecular flexibility index (Phi) is 3.78. The maximum Gasteiger partial charge on any atom is 0.135 e. The summed E-state index contributed by atoms with van der Waals surface area (Å²) in [6, 6.07) is 14.1. The maximum atomic E-state index is 9.84. The Bertz CT molecular complexity index is 880. The van der Waals surface area contributed by atoms with E-state index in [0.29, 0.717) is 0 Å². The number of hydrogen-bond acceptors (Lipinski definition) is 5. The molecule has 3 heterocycles. The molecule has 1 aromatic carbocycles. The highest BCUT2D eigenvalue weighted by Crippen LogP contribution is 2.28. The third-order valence-electron chi connectivity index (χ3n) is 4.55. The number of aliphatic hydroxyl groups excluding tert-OH is 1. The smallest absolute Gasteiger partial charge is 0.135 e. The molecule has 0 spiro atoms. The molecule has 24 heavy (non-hydrogen) atoms. The maximum absolute atomic E-state index is 9.84. The number of hydrogen-bond donors (Lipinski definition) is 1. The molecule has 4 rings (SSSR count). The van der Waals surface area contributed by atoms with Gasteiger partial charge in [0.25, 0.3) is 0 Å². The number of fused-ring (bicyclic) bond motifs is 2. The van der Waals surface area contributed by atoms with E-state index in [9.17, 15) is 5.11 Å². The van der Waals surface area contributed by atoms with E-state index in [1.165, 1.54) is 5.56 Å². The van der Waals surface area contributed by atoms with Crippen molar-refractivity contribution in [2.24, 2.45) is 0 Å². The quantitative estimate of drug-likeness (QED) is 0.786. The highest BCUT2D eigenvalue weighted by atomic mass is 16.3. The third kappa shape index (κ3) is 2.57. The van der Waals surface area contributed by atoms with Crippen LogP contribution in [0.5, 0.6) is 0 Å². The predicted octanol–water partition coefficient (Wildman–Crippen LogP) is 2.58. The summed E-state index contributed by atoms with van der Waals surface area (Å²) in [6.07, 6.45) is 1.83. The fraction of sp³-hybridized carbons (Fsp3) is 0.263. The molecule has 0 atom stereocenters. The van der Waals surface area contributed by atoms with Gasteiger partial charge >= 0.3 is 0 Å². The number of rotatable bonds is 2. The van der Waals surface area contributed by atoms with Gasteiger partial charge in [-0.05, 0) is 18.2 Å². The van der Waals surface area contributed by atoms with Crippen LogP contribution in [0.25, 0.3) is 10.9 Å². The molecule has 0 aliphatic carbocycles. The number of aliphatic hydroxyl groups is 1. The Balaban J connectivity index is 1.79. The summed E-state index contributed by atoms with van der Waals surface area (Å²) in [5.74, 6) is 1.88. The molecule has 2 aromatic heterocycles. The first kappa shape index (κ1) is 14.9. The van der Waals surface area contributed by atoms with Crippen molar-refractivity contribution in [2.45, 2.75) is 13.2 Å². The first-order valence-electron chi connectivity index (χ1n) is 8.16. The fourth-order valence-corrected chi connectivity index (χ4v) is 3.28. The van der Waals surface area contributed by atoms with Crippen molar-refractivity contribution in [3.63, 3.8) is 0 Å². The number of aromatic nitrogens is 2. The summed E-state index contributed by atoms with van der Waals surface area (Å²) in [5, 5.41) is 10.9. The molecular formula is C19H20N4O. The molecule has 5 heteroatoms. The molecule has 1 aliphatic heterocycles. The van der Waals surface area contributed by atoms with Gasteiger partial charge in [0.1, 0.15) is 11.6 Å². The summed E-state index contributed by atoms with van der Waals surface area (Å²) < 4.78 is 0. The zero-order chi connectivity index (χ0) is 16.5. The van der Waals surface area contributed by atoms with Gasteiger partial charge in [0.05, 0.1) is 12.1 Å². The zero-order valence-electron chi connectivity index (χ0n) is 13.7. The Morgan fingerprint density at radius 2 is 1.96 bits per heavy atom. The van der Waals surface area contributed by atoms with Crippen LogP contribution in [0, 0.1) is 0 Å². The van der Waals surface area contributed by atoms with Gasteiger partial charge < -0.3 is 14.9 Å².